The van der Waals surface area contributed by atoms with Crippen molar-refractivity contribution in [2.45, 2.75) is 13.3 Å². The molecular weight excluding hydrogens is 219 g/mol. The van der Waals surface area contributed by atoms with Crippen molar-refractivity contribution in [3.05, 3.63) is 35.1 Å². The summed E-state index contributed by atoms with van der Waals surface area (Å²) >= 11 is 0. The number of hydrogen-bond acceptors (Lipinski definition) is 2. The molecule has 0 spiro atoms. The van der Waals surface area contributed by atoms with Gasteiger partial charge in [0.05, 0.1) is 24.6 Å². The molecule has 4 heteroatoms. The molecular formula is C13H11FN2O. The molecule has 0 aliphatic rings. The molecule has 1 amide bonds. The SMILES string of the molecule is CC(=O)NCC#Cc1cc(CC#N)ccc1F. The van der Waals surface area contributed by atoms with Crippen molar-refractivity contribution in [2.75, 3.05) is 6.54 Å². The Bertz CT molecular complexity index is 520. The summed E-state index contributed by atoms with van der Waals surface area (Å²) in [7, 11) is 0. The van der Waals surface area contributed by atoms with Crippen LogP contribution in [-0.2, 0) is 11.2 Å². The number of carbonyl (C=O) groups excluding carboxylic acids is 1. The maximum atomic E-state index is 13.3. The third-order valence-electron chi connectivity index (χ3n) is 1.96. The Labute approximate surface area is 99.3 Å². The molecule has 0 fully saturated rings. The number of nitrogens with zero attached hydrogens (tertiary/aromatic N) is 1. The minimum absolute atomic E-state index is 0.178. The fourth-order valence-electron chi connectivity index (χ4n) is 1.18. The van der Waals surface area contributed by atoms with Crippen LogP contribution in [0.5, 0.6) is 0 Å². The van der Waals surface area contributed by atoms with E-state index in [1.807, 2.05) is 6.07 Å². The molecule has 0 aliphatic carbocycles. The van der Waals surface area contributed by atoms with E-state index in [2.05, 4.69) is 17.2 Å². The first-order chi connectivity index (χ1) is 8.13. The zero-order chi connectivity index (χ0) is 12.7. The van der Waals surface area contributed by atoms with Crippen LogP contribution in [0.3, 0.4) is 0 Å². The number of nitrogens with one attached hydrogen (secondary N) is 1. The van der Waals surface area contributed by atoms with E-state index in [-0.39, 0.29) is 24.4 Å². The minimum atomic E-state index is -0.429. The van der Waals surface area contributed by atoms with Gasteiger partial charge in [-0.05, 0) is 17.7 Å². The second-order valence-corrected chi connectivity index (χ2v) is 3.36. The normalized spacial score (nSPS) is 8.76. The molecule has 0 atom stereocenters. The van der Waals surface area contributed by atoms with Crippen molar-refractivity contribution in [1.29, 1.82) is 5.26 Å². The van der Waals surface area contributed by atoms with E-state index in [9.17, 15) is 9.18 Å². The topological polar surface area (TPSA) is 52.9 Å². The summed E-state index contributed by atoms with van der Waals surface area (Å²) in [5, 5.41) is 11.0. The highest BCUT2D eigenvalue weighted by molar-refractivity contribution is 5.73. The summed E-state index contributed by atoms with van der Waals surface area (Å²) in [6.07, 6.45) is 0.223. The number of carbonyl (C=O) groups is 1. The first kappa shape index (κ1) is 12.7. The van der Waals surface area contributed by atoms with Crippen LogP contribution in [0.15, 0.2) is 18.2 Å². The molecule has 0 bridgehead atoms. The summed E-state index contributed by atoms with van der Waals surface area (Å²) in [5.74, 6) is 4.65. The third kappa shape index (κ3) is 4.36. The smallest absolute Gasteiger partial charge is 0.217 e. The van der Waals surface area contributed by atoms with Crippen LogP contribution in [-0.4, -0.2) is 12.5 Å². The molecule has 17 heavy (non-hydrogen) atoms. The summed E-state index contributed by atoms with van der Waals surface area (Å²) < 4.78 is 13.3. The van der Waals surface area contributed by atoms with Gasteiger partial charge in [-0.3, -0.25) is 4.79 Å². The maximum absolute atomic E-state index is 13.3. The highest BCUT2D eigenvalue weighted by Crippen LogP contribution is 2.09. The number of halogens is 1. The van der Waals surface area contributed by atoms with Gasteiger partial charge in [-0.2, -0.15) is 5.26 Å². The first-order valence-corrected chi connectivity index (χ1v) is 5.02. The van der Waals surface area contributed by atoms with Crippen LogP contribution in [0, 0.1) is 29.0 Å². The van der Waals surface area contributed by atoms with Gasteiger partial charge in [0.2, 0.25) is 5.91 Å². The van der Waals surface area contributed by atoms with Crippen molar-refractivity contribution in [3.63, 3.8) is 0 Å². The van der Waals surface area contributed by atoms with Crippen molar-refractivity contribution in [1.82, 2.24) is 5.32 Å². The summed E-state index contributed by atoms with van der Waals surface area (Å²) in [5.41, 5.74) is 0.959. The zero-order valence-electron chi connectivity index (χ0n) is 9.38. The molecule has 0 saturated carbocycles. The molecule has 0 saturated heterocycles. The van der Waals surface area contributed by atoms with Gasteiger partial charge in [-0.25, -0.2) is 4.39 Å². The van der Waals surface area contributed by atoms with Crippen LogP contribution < -0.4 is 5.32 Å². The van der Waals surface area contributed by atoms with E-state index >= 15 is 0 Å². The lowest BCUT2D eigenvalue weighted by atomic mass is 10.1. The van der Waals surface area contributed by atoms with Crippen LogP contribution in [0.25, 0.3) is 0 Å². The lowest BCUT2D eigenvalue weighted by Crippen LogP contribution is -2.19. The standard InChI is InChI=1S/C13H11FN2O/c1-10(17)16-8-2-3-12-9-11(6-7-15)4-5-13(12)14/h4-5,9H,6,8H2,1H3,(H,16,17). The van der Waals surface area contributed by atoms with Gasteiger partial charge in [0.15, 0.2) is 0 Å². The van der Waals surface area contributed by atoms with Gasteiger partial charge < -0.3 is 5.32 Å². The van der Waals surface area contributed by atoms with E-state index in [4.69, 9.17) is 5.26 Å². The van der Waals surface area contributed by atoms with E-state index in [0.717, 1.165) is 5.56 Å². The Morgan fingerprint density at radius 3 is 2.94 bits per heavy atom. The Balaban J connectivity index is 2.79. The molecule has 0 aromatic heterocycles. The van der Waals surface area contributed by atoms with Crippen LogP contribution in [0.2, 0.25) is 0 Å². The number of rotatable bonds is 2. The molecule has 0 unspecified atom stereocenters. The quantitative estimate of drug-likeness (QED) is 0.780. The van der Waals surface area contributed by atoms with Crippen molar-refractivity contribution < 1.29 is 9.18 Å². The van der Waals surface area contributed by atoms with Crippen molar-refractivity contribution in [3.8, 4) is 17.9 Å². The molecule has 0 heterocycles. The highest BCUT2D eigenvalue weighted by Gasteiger charge is 2.00. The van der Waals surface area contributed by atoms with Gasteiger partial charge in [0, 0.05) is 6.92 Å². The Morgan fingerprint density at radius 1 is 1.53 bits per heavy atom. The van der Waals surface area contributed by atoms with Crippen LogP contribution >= 0.6 is 0 Å². The number of benzene rings is 1. The molecule has 1 aromatic rings. The van der Waals surface area contributed by atoms with Crippen LogP contribution in [0.4, 0.5) is 4.39 Å². The second kappa shape index (κ2) is 6.30. The minimum Gasteiger partial charge on any atom is -0.345 e. The van der Waals surface area contributed by atoms with Gasteiger partial charge in [-0.1, -0.05) is 17.9 Å². The Kier molecular flexibility index (Phi) is 4.72. The average Bonchev–Trinajstić information content (AvgIpc) is 2.28. The van der Waals surface area contributed by atoms with Crippen LogP contribution in [0.1, 0.15) is 18.1 Å². The molecule has 3 nitrogen and oxygen atoms in total. The third-order valence-corrected chi connectivity index (χ3v) is 1.96. The van der Waals surface area contributed by atoms with Gasteiger partial charge in [-0.15, -0.1) is 0 Å². The molecule has 1 rings (SSSR count). The summed E-state index contributed by atoms with van der Waals surface area (Å²) in [6.45, 7) is 1.56. The average molecular weight is 230 g/mol. The lowest BCUT2D eigenvalue weighted by Gasteiger charge is -1.98. The van der Waals surface area contributed by atoms with Gasteiger partial charge in [0.1, 0.15) is 5.82 Å². The number of amides is 1. The fraction of sp³-hybridized carbons (Fsp3) is 0.231. The maximum Gasteiger partial charge on any atom is 0.217 e. The molecule has 0 aliphatic heterocycles. The van der Waals surface area contributed by atoms with Crippen molar-refractivity contribution in [2.24, 2.45) is 0 Å². The molecule has 1 N–H and O–H groups in total. The predicted molar refractivity (Wildman–Crippen MR) is 61.3 cm³/mol. The second-order valence-electron chi connectivity index (χ2n) is 3.36. The zero-order valence-corrected chi connectivity index (χ0v) is 9.38. The van der Waals surface area contributed by atoms with E-state index in [1.54, 1.807) is 12.1 Å². The highest BCUT2D eigenvalue weighted by atomic mass is 19.1. The van der Waals surface area contributed by atoms with E-state index in [1.165, 1.54) is 13.0 Å². The summed E-state index contributed by atoms with van der Waals surface area (Å²) in [4.78, 5) is 10.6. The molecule has 86 valence electrons. The van der Waals surface area contributed by atoms with Crippen molar-refractivity contribution >= 4 is 5.91 Å². The fourth-order valence-corrected chi connectivity index (χ4v) is 1.18. The number of hydrogen-bond donors (Lipinski definition) is 1. The molecule has 1 aromatic carbocycles. The first-order valence-electron chi connectivity index (χ1n) is 5.02. The van der Waals surface area contributed by atoms with E-state index < -0.39 is 5.82 Å². The predicted octanol–water partition coefficient (Wildman–Crippen LogP) is 1.38. The summed E-state index contributed by atoms with van der Waals surface area (Å²) in [6, 6.07) is 6.37. The van der Waals surface area contributed by atoms with Gasteiger partial charge >= 0.3 is 0 Å². The van der Waals surface area contributed by atoms with Gasteiger partial charge in [0.25, 0.3) is 0 Å². The molecule has 0 radical (unpaired) electrons. The Morgan fingerprint density at radius 2 is 2.29 bits per heavy atom. The largest absolute Gasteiger partial charge is 0.345 e. The van der Waals surface area contributed by atoms with E-state index in [0.29, 0.717) is 0 Å². The Hall–Kier alpha value is -2.33. The monoisotopic (exact) mass is 230 g/mol. The number of nitriles is 1. The lowest BCUT2D eigenvalue weighted by molar-refractivity contribution is -0.118.